The van der Waals surface area contributed by atoms with Gasteiger partial charge in [0.1, 0.15) is 16.8 Å². The first-order chi connectivity index (χ1) is 13.1. The van der Waals surface area contributed by atoms with Gasteiger partial charge in [0.2, 0.25) is 0 Å². The van der Waals surface area contributed by atoms with E-state index in [0.717, 1.165) is 31.2 Å². The van der Waals surface area contributed by atoms with Crippen molar-refractivity contribution >= 4 is 45.4 Å². The van der Waals surface area contributed by atoms with Crippen LogP contribution in [0.4, 0.5) is 5.00 Å². The quantitative estimate of drug-likeness (QED) is 0.543. The normalized spacial score (nSPS) is 13.1. The predicted octanol–water partition coefficient (Wildman–Crippen LogP) is 6.32. The standard InChI is InChI=1S/C20H14Cl2N2O2S/c21-11-5-6-13(15(22)9-11)16-7-8-17(26-16)19(25)24-20-14(10-23)12-3-1-2-4-18(12)27-20/h5-9H,1-4H2,(H,24,25). The first-order valence-electron chi connectivity index (χ1n) is 8.48. The molecule has 136 valence electrons. The Morgan fingerprint density at radius 1 is 1.19 bits per heavy atom. The Kier molecular flexibility index (Phi) is 4.96. The van der Waals surface area contributed by atoms with E-state index in [4.69, 9.17) is 27.6 Å². The van der Waals surface area contributed by atoms with Gasteiger partial charge in [-0.15, -0.1) is 11.3 Å². The number of rotatable bonds is 3. The van der Waals surface area contributed by atoms with Crippen LogP contribution in [0.3, 0.4) is 0 Å². The van der Waals surface area contributed by atoms with Crippen molar-refractivity contribution in [1.29, 1.82) is 5.26 Å². The van der Waals surface area contributed by atoms with Gasteiger partial charge in [-0.2, -0.15) is 5.26 Å². The Balaban J connectivity index is 1.59. The van der Waals surface area contributed by atoms with Gasteiger partial charge >= 0.3 is 0 Å². The second kappa shape index (κ2) is 7.40. The summed E-state index contributed by atoms with van der Waals surface area (Å²) in [4.78, 5) is 13.8. The van der Waals surface area contributed by atoms with Gasteiger partial charge in [0.05, 0.1) is 10.6 Å². The molecule has 0 fully saturated rings. The van der Waals surface area contributed by atoms with Gasteiger partial charge in [-0.1, -0.05) is 23.2 Å². The number of aryl methyl sites for hydroxylation is 1. The Hall–Kier alpha value is -2.26. The molecule has 0 atom stereocenters. The van der Waals surface area contributed by atoms with Gasteiger partial charge in [-0.25, -0.2) is 0 Å². The molecule has 0 aliphatic heterocycles. The first-order valence-corrected chi connectivity index (χ1v) is 10.1. The Labute approximate surface area is 170 Å². The topological polar surface area (TPSA) is 66.0 Å². The van der Waals surface area contributed by atoms with E-state index < -0.39 is 0 Å². The molecule has 7 heteroatoms. The lowest BCUT2D eigenvalue weighted by atomic mass is 9.96. The third kappa shape index (κ3) is 3.49. The van der Waals surface area contributed by atoms with Crippen LogP contribution in [-0.4, -0.2) is 5.91 Å². The summed E-state index contributed by atoms with van der Waals surface area (Å²) in [5.74, 6) is 0.250. The summed E-state index contributed by atoms with van der Waals surface area (Å²) < 4.78 is 5.68. The van der Waals surface area contributed by atoms with Crippen molar-refractivity contribution in [2.45, 2.75) is 25.7 Å². The maximum absolute atomic E-state index is 12.6. The van der Waals surface area contributed by atoms with Crippen molar-refractivity contribution < 1.29 is 9.21 Å². The number of thiophene rings is 1. The lowest BCUT2D eigenvalue weighted by molar-refractivity contribution is 0.0998. The fraction of sp³-hybridized carbons (Fsp3) is 0.200. The molecule has 2 heterocycles. The zero-order valence-electron chi connectivity index (χ0n) is 14.1. The maximum atomic E-state index is 12.6. The molecule has 1 aliphatic rings. The van der Waals surface area contributed by atoms with Crippen LogP contribution in [0, 0.1) is 11.3 Å². The van der Waals surface area contributed by atoms with E-state index in [1.807, 2.05) is 0 Å². The van der Waals surface area contributed by atoms with Gasteiger partial charge < -0.3 is 9.73 Å². The smallest absolute Gasteiger partial charge is 0.292 e. The average Bonchev–Trinajstić information content (AvgIpc) is 3.26. The number of hydrogen-bond donors (Lipinski definition) is 1. The predicted molar refractivity (Wildman–Crippen MR) is 108 cm³/mol. The molecule has 27 heavy (non-hydrogen) atoms. The van der Waals surface area contributed by atoms with Crippen molar-refractivity contribution in [3.63, 3.8) is 0 Å². The van der Waals surface area contributed by atoms with E-state index in [1.165, 1.54) is 16.2 Å². The Morgan fingerprint density at radius 3 is 2.78 bits per heavy atom. The highest BCUT2D eigenvalue weighted by Crippen LogP contribution is 2.38. The lowest BCUT2D eigenvalue weighted by Crippen LogP contribution is -2.10. The number of nitriles is 1. The molecule has 0 saturated carbocycles. The van der Waals surface area contributed by atoms with E-state index in [0.29, 0.717) is 31.9 Å². The average molecular weight is 417 g/mol. The maximum Gasteiger partial charge on any atom is 0.292 e. The third-order valence-electron chi connectivity index (χ3n) is 4.54. The SMILES string of the molecule is N#Cc1c(NC(=O)c2ccc(-c3ccc(Cl)cc3Cl)o2)sc2c1CCCC2. The molecule has 2 aromatic heterocycles. The number of anilines is 1. The van der Waals surface area contributed by atoms with Crippen LogP contribution in [0.25, 0.3) is 11.3 Å². The summed E-state index contributed by atoms with van der Waals surface area (Å²) in [6, 6.07) is 10.6. The highest BCUT2D eigenvalue weighted by Gasteiger charge is 2.23. The number of carbonyl (C=O) groups is 1. The van der Waals surface area contributed by atoms with Crippen LogP contribution in [0.15, 0.2) is 34.7 Å². The molecule has 1 amide bonds. The van der Waals surface area contributed by atoms with Crippen LogP contribution in [0.2, 0.25) is 10.0 Å². The molecule has 1 N–H and O–H groups in total. The fourth-order valence-corrected chi connectivity index (χ4v) is 4.97. The van der Waals surface area contributed by atoms with E-state index in [9.17, 15) is 10.1 Å². The number of amides is 1. The highest BCUT2D eigenvalue weighted by atomic mass is 35.5. The number of nitrogens with one attached hydrogen (secondary N) is 1. The van der Waals surface area contributed by atoms with Crippen LogP contribution >= 0.6 is 34.5 Å². The summed E-state index contributed by atoms with van der Waals surface area (Å²) >= 11 is 13.6. The minimum Gasteiger partial charge on any atom is -0.451 e. The molecule has 0 unspecified atom stereocenters. The molecule has 4 rings (SSSR count). The summed E-state index contributed by atoms with van der Waals surface area (Å²) in [5.41, 5.74) is 2.32. The molecule has 0 spiro atoms. The monoisotopic (exact) mass is 416 g/mol. The molecular formula is C20H14Cl2N2O2S. The highest BCUT2D eigenvalue weighted by molar-refractivity contribution is 7.16. The summed E-state index contributed by atoms with van der Waals surface area (Å²) in [6.45, 7) is 0. The van der Waals surface area contributed by atoms with Crippen molar-refractivity contribution in [1.82, 2.24) is 0 Å². The molecule has 1 aliphatic carbocycles. The van der Waals surface area contributed by atoms with E-state index in [2.05, 4.69) is 11.4 Å². The van der Waals surface area contributed by atoms with Crippen LogP contribution in [0.5, 0.6) is 0 Å². The van der Waals surface area contributed by atoms with E-state index >= 15 is 0 Å². The molecule has 0 saturated heterocycles. The molecular weight excluding hydrogens is 403 g/mol. The van der Waals surface area contributed by atoms with Crippen molar-refractivity contribution in [3.8, 4) is 17.4 Å². The number of nitrogens with zero attached hydrogens (tertiary/aromatic N) is 1. The van der Waals surface area contributed by atoms with E-state index in [-0.39, 0.29) is 11.7 Å². The molecule has 0 bridgehead atoms. The molecule has 1 aromatic carbocycles. The number of furan rings is 1. The largest absolute Gasteiger partial charge is 0.451 e. The van der Waals surface area contributed by atoms with Crippen LogP contribution in [0.1, 0.15) is 39.4 Å². The fourth-order valence-electron chi connectivity index (χ4n) is 3.23. The number of fused-ring (bicyclic) bond motifs is 1. The van der Waals surface area contributed by atoms with Gasteiger partial charge in [0.25, 0.3) is 5.91 Å². The molecule has 0 radical (unpaired) electrons. The van der Waals surface area contributed by atoms with Gasteiger partial charge in [0.15, 0.2) is 5.76 Å². The minimum absolute atomic E-state index is 0.159. The Bertz CT molecular complexity index is 1080. The second-order valence-electron chi connectivity index (χ2n) is 6.27. The van der Waals surface area contributed by atoms with Gasteiger partial charge in [-0.05, 0) is 61.6 Å². The Morgan fingerprint density at radius 2 is 2.00 bits per heavy atom. The first kappa shape index (κ1) is 18.1. The lowest BCUT2D eigenvalue weighted by Gasteiger charge is -2.09. The zero-order valence-corrected chi connectivity index (χ0v) is 16.5. The summed E-state index contributed by atoms with van der Waals surface area (Å²) in [5, 5.41) is 13.9. The van der Waals surface area contributed by atoms with Crippen LogP contribution in [-0.2, 0) is 12.8 Å². The van der Waals surface area contributed by atoms with Crippen LogP contribution < -0.4 is 5.32 Å². The van der Waals surface area contributed by atoms with E-state index in [1.54, 1.807) is 30.3 Å². The van der Waals surface area contributed by atoms with Gasteiger partial charge in [-0.3, -0.25) is 4.79 Å². The minimum atomic E-state index is -0.388. The molecule has 3 aromatic rings. The zero-order chi connectivity index (χ0) is 19.0. The third-order valence-corrected chi connectivity index (χ3v) is 6.29. The number of halogens is 2. The second-order valence-corrected chi connectivity index (χ2v) is 8.22. The van der Waals surface area contributed by atoms with Crippen molar-refractivity contribution in [2.75, 3.05) is 5.32 Å². The van der Waals surface area contributed by atoms with Crippen molar-refractivity contribution in [2.24, 2.45) is 0 Å². The van der Waals surface area contributed by atoms with Gasteiger partial charge in [0, 0.05) is 15.5 Å². The summed E-state index contributed by atoms with van der Waals surface area (Å²) in [6.07, 6.45) is 4.05. The van der Waals surface area contributed by atoms with Crippen molar-refractivity contribution in [3.05, 3.63) is 62.1 Å². The summed E-state index contributed by atoms with van der Waals surface area (Å²) in [7, 11) is 0. The number of benzene rings is 1. The molecule has 4 nitrogen and oxygen atoms in total. The number of carbonyl (C=O) groups excluding carboxylic acids is 1. The number of hydrogen-bond acceptors (Lipinski definition) is 4.